The molecule has 1 aliphatic rings. The molecule has 2 heterocycles. The Morgan fingerprint density at radius 3 is 2.58 bits per heavy atom. The molecule has 1 aromatic carbocycles. The van der Waals surface area contributed by atoms with Gasteiger partial charge in [-0.05, 0) is 36.6 Å². The predicted molar refractivity (Wildman–Crippen MR) is 91.1 cm³/mol. The molecule has 6 heteroatoms. The molecule has 3 rings (SSSR count). The molecule has 0 amide bonds. The smallest absolute Gasteiger partial charge is 0.235 e. The normalized spacial score (nSPS) is 14.1. The lowest BCUT2D eigenvalue weighted by Gasteiger charge is -2.12. The Morgan fingerprint density at radius 1 is 1.17 bits per heavy atom. The van der Waals surface area contributed by atoms with Crippen molar-refractivity contribution in [3.63, 3.8) is 0 Å². The molecule has 0 aliphatic carbocycles. The van der Waals surface area contributed by atoms with Crippen molar-refractivity contribution in [3.8, 4) is 17.6 Å². The van der Waals surface area contributed by atoms with Gasteiger partial charge >= 0.3 is 0 Å². The highest BCUT2D eigenvalue weighted by Gasteiger charge is 2.21. The molecule has 0 radical (unpaired) electrons. The third kappa shape index (κ3) is 3.20. The van der Waals surface area contributed by atoms with Gasteiger partial charge in [-0.2, -0.15) is 10.2 Å². The highest BCUT2D eigenvalue weighted by Crippen LogP contribution is 2.29. The van der Waals surface area contributed by atoms with Crippen LogP contribution < -0.4 is 14.4 Å². The maximum Gasteiger partial charge on any atom is 0.235 e. The zero-order valence-electron chi connectivity index (χ0n) is 13.8. The fraction of sp³-hybridized carbons (Fsp3) is 0.333. The largest absolute Gasteiger partial charge is 0.493 e. The number of hydrogen-bond donors (Lipinski definition) is 0. The second kappa shape index (κ2) is 7.09. The fourth-order valence-electron chi connectivity index (χ4n) is 2.73. The first-order valence-corrected chi connectivity index (χ1v) is 7.81. The minimum Gasteiger partial charge on any atom is -0.493 e. The summed E-state index contributed by atoms with van der Waals surface area (Å²) in [5.74, 6) is 2.32. The number of anilines is 1. The van der Waals surface area contributed by atoms with E-state index in [1.54, 1.807) is 20.3 Å². The van der Waals surface area contributed by atoms with Crippen molar-refractivity contribution in [1.82, 2.24) is 4.98 Å². The molecule has 0 unspecified atom stereocenters. The third-order valence-electron chi connectivity index (χ3n) is 3.95. The quantitative estimate of drug-likeness (QED) is 0.839. The van der Waals surface area contributed by atoms with Gasteiger partial charge in [0, 0.05) is 19.2 Å². The summed E-state index contributed by atoms with van der Waals surface area (Å²) in [6.45, 7) is 1.81. The van der Waals surface area contributed by atoms with E-state index in [2.05, 4.69) is 16.0 Å². The number of nitriles is 1. The van der Waals surface area contributed by atoms with Crippen molar-refractivity contribution in [2.45, 2.75) is 12.8 Å². The van der Waals surface area contributed by atoms with Crippen LogP contribution >= 0.6 is 0 Å². The van der Waals surface area contributed by atoms with Crippen LogP contribution in [0.5, 0.6) is 11.5 Å². The minimum absolute atomic E-state index is 0.337. The van der Waals surface area contributed by atoms with Crippen LogP contribution in [0.2, 0.25) is 0 Å². The van der Waals surface area contributed by atoms with Gasteiger partial charge in [0.2, 0.25) is 17.5 Å². The van der Waals surface area contributed by atoms with Crippen LogP contribution in [0.3, 0.4) is 0 Å². The van der Waals surface area contributed by atoms with Crippen LogP contribution in [-0.2, 0) is 0 Å². The number of ether oxygens (including phenoxy) is 2. The van der Waals surface area contributed by atoms with E-state index in [0.717, 1.165) is 31.5 Å². The first-order chi connectivity index (χ1) is 11.7. The van der Waals surface area contributed by atoms with Crippen molar-refractivity contribution >= 4 is 18.0 Å². The monoisotopic (exact) mass is 325 g/mol. The van der Waals surface area contributed by atoms with Crippen LogP contribution in [0, 0.1) is 11.3 Å². The van der Waals surface area contributed by atoms with Crippen molar-refractivity contribution in [2.75, 3.05) is 32.2 Å². The zero-order valence-corrected chi connectivity index (χ0v) is 13.8. The average molecular weight is 325 g/mol. The van der Waals surface area contributed by atoms with Crippen molar-refractivity contribution in [2.24, 2.45) is 0 Å². The number of hydrogen-bond acceptors (Lipinski definition) is 6. The van der Waals surface area contributed by atoms with E-state index in [-0.39, 0.29) is 0 Å². The highest BCUT2D eigenvalue weighted by atomic mass is 16.5. The van der Waals surface area contributed by atoms with E-state index in [9.17, 15) is 5.26 Å². The van der Waals surface area contributed by atoms with E-state index >= 15 is 0 Å². The maximum absolute atomic E-state index is 9.25. The van der Waals surface area contributed by atoms with E-state index in [1.807, 2.05) is 24.3 Å². The zero-order chi connectivity index (χ0) is 16.9. The van der Waals surface area contributed by atoms with Gasteiger partial charge in [-0.25, -0.2) is 0 Å². The first kappa shape index (κ1) is 15.9. The predicted octanol–water partition coefficient (Wildman–Crippen LogP) is 3.33. The Balaban J connectivity index is 1.83. The molecule has 0 spiro atoms. The van der Waals surface area contributed by atoms with E-state index in [1.165, 1.54) is 0 Å². The van der Waals surface area contributed by atoms with Gasteiger partial charge in [0.05, 0.1) is 14.2 Å². The molecular formula is C18H19N3O3. The van der Waals surface area contributed by atoms with Crippen molar-refractivity contribution in [3.05, 3.63) is 35.3 Å². The van der Waals surface area contributed by atoms with Crippen LogP contribution in [0.25, 0.3) is 12.2 Å². The Labute approximate surface area is 140 Å². The third-order valence-corrected chi connectivity index (χ3v) is 3.95. The SMILES string of the molecule is COc1ccc(C=Cc2nc(C#N)c(N3CCCC3)o2)cc1OC. The van der Waals surface area contributed by atoms with E-state index in [0.29, 0.717) is 29.0 Å². The molecule has 0 bridgehead atoms. The first-order valence-electron chi connectivity index (χ1n) is 7.81. The molecule has 1 aromatic heterocycles. The Morgan fingerprint density at radius 2 is 1.92 bits per heavy atom. The molecule has 6 nitrogen and oxygen atoms in total. The molecule has 0 saturated carbocycles. The second-order valence-electron chi connectivity index (χ2n) is 5.46. The molecule has 0 atom stereocenters. The van der Waals surface area contributed by atoms with E-state index < -0.39 is 0 Å². The standard InChI is InChI=1S/C18H19N3O3/c1-22-15-7-5-13(11-16(15)23-2)6-8-17-20-14(12-19)18(24-17)21-9-3-4-10-21/h5-8,11H,3-4,9-10H2,1-2H3. The summed E-state index contributed by atoms with van der Waals surface area (Å²) in [6, 6.07) is 7.72. The van der Waals surface area contributed by atoms with Crippen molar-refractivity contribution < 1.29 is 13.9 Å². The molecule has 1 saturated heterocycles. The van der Waals surface area contributed by atoms with Gasteiger partial charge in [0.25, 0.3) is 0 Å². The lowest BCUT2D eigenvalue weighted by molar-refractivity contribution is 0.355. The summed E-state index contributed by atoms with van der Waals surface area (Å²) < 4.78 is 16.3. The number of benzene rings is 1. The fourth-order valence-corrected chi connectivity index (χ4v) is 2.73. The van der Waals surface area contributed by atoms with Gasteiger partial charge in [-0.3, -0.25) is 0 Å². The summed E-state index contributed by atoms with van der Waals surface area (Å²) in [5.41, 5.74) is 1.26. The highest BCUT2D eigenvalue weighted by molar-refractivity contribution is 5.69. The van der Waals surface area contributed by atoms with Crippen LogP contribution in [0.4, 0.5) is 5.88 Å². The molecule has 24 heavy (non-hydrogen) atoms. The molecule has 124 valence electrons. The Hall–Kier alpha value is -2.94. The van der Waals surface area contributed by atoms with Gasteiger partial charge in [0.15, 0.2) is 11.5 Å². The number of nitrogens with zero attached hydrogens (tertiary/aromatic N) is 3. The van der Waals surface area contributed by atoms with Gasteiger partial charge in [0.1, 0.15) is 6.07 Å². The lowest BCUT2D eigenvalue weighted by Crippen LogP contribution is -2.17. The number of methoxy groups -OCH3 is 2. The Bertz CT molecular complexity index is 783. The summed E-state index contributed by atoms with van der Waals surface area (Å²) in [4.78, 5) is 6.32. The number of rotatable bonds is 5. The van der Waals surface area contributed by atoms with Crippen LogP contribution in [0.15, 0.2) is 22.6 Å². The average Bonchev–Trinajstić information content (AvgIpc) is 3.28. The topological polar surface area (TPSA) is 71.5 Å². The number of oxazole rings is 1. The van der Waals surface area contributed by atoms with E-state index in [4.69, 9.17) is 13.9 Å². The molecule has 1 fully saturated rings. The maximum atomic E-state index is 9.25. The summed E-state index contributed by atoms with van der Waals surface area (Å²) in [6.07, 6.45) is 5.84. The molecule has 0 N–H and O–H groups in total. The lowest BCUT2D eigenvalue weighted by atomic mass is 10.2. The van der Waals surface area contributed by atoms with Gasteiger partial charge < -0.3 is 18.8 Å². The molecule has 1 aliphatic heterocycles. The number of aromatic nitrogens is 1. The summed E-state index contributed by atoms with van der Waals surface area (Å²) >= 11 is 0. The second-order valence-corrected chi connectivity index (χ2v) is 5.46. The van der Waals surface area contributed by atoms with Crippen molar-refractivity contribution in [1.29, 1.82) is 5.26 Å². The molecular weight excluding hydrogens is 306 g/mol. The minimum atomic E-state index is 0.337. The Kier molecular flexibility index (Phi) is 4.71. The summed E-state index contributed by atoms with van der Waals surface area (Å²) in [5, 5.41) is 9.25. The van der Waals surface area contributed by atoms with Gasteiger partial charge in [-0.15, -0.1) is 0 Å². The van der Waals surface area contributed by atoms with Gasteiger partial charge in [-0.1, -0.05) is 6.07 Å². The molecule has 2 aromatic rings. The van der Waals surface area contributed by atoms with Crippen LogP contribution in [0.1, 0.15) is 30.0 Å². The van der Waals surface area contributed by atoms with Crippen LogP contribution in [-0.4, -0.2) is 32.3 Å². The summed E-state index contributed by atoms with van der Waals surface area (Å²) in [7, 11) is 3.20.